The van der Waals surface area contributed by atoms with Gasteiger partial charge >= 0.3 is 0 Å². The molecule has 2 aliphatic rings. The van der Waals surface area contributed by atoms with Gasteiger partial charge in [0.15, 0.2) is 0 Å². The van der Waals surface area contributed by atoms with E-state index in [1.165, 1.54) is 10.4 Å². The number of aromatic nitrogens is 2. The summed E-state index contributed by atoms with van der Waals surface area (Å²) in [6, 6.07) is 4.17. The van der Waals surface area contributed by atoms with E-state index in [9.17, 15) is 4.79 Å². The minimum Gasteiger partial charge on any atom is -0.378 e. The molecule has 0 aromatic carbocycles. The van der Waals surface area contributed by atoms with Crippen LogP contribution in [0.25, 0.3) is 0 Å². The molecule has 2 aromatic rings. The molecule has 2 fully saturated rings. The predicted molar refractivity (Wildman–Crippen MR) is 116 cm³/mol. The van der Waals surface area contributed by atoms with Gasteiger partial charge in [0.1, 0.15) is 5.82 Å². The number of rotatable bonds is 5. The Morgan fingerprint density at radius 2 is 1.83 bits per heavy atom. The summed E-state index contributed by atoms with van der Waals surface area (Å²) in [6.07, 6.45) is 1.44. The molecule has 0 radical (unpaired) electrons. The van der Waals surface area contributed by atoms with Gasteiger partial charge in [-0.25, -0.2) is 4.98 Å². The first-order valence-corrected chi connectivity index (χ1v) is 11.2. The van der Waals surface area contributed by atoms with Crippen LogP contribution in [0.2, 0.25) is 0 Å². The molecule has 1 amide bonds. The van der Waals surface area contributed by atoms with E-state index < -0.39 is 0 Å². The SMILES string of the molecule is Cc1cc(N2CCN(C(=O)CCc3sccc3C)CC2)nc(N2CCOCC2)n1. The molecule has 2 saturated heterocycles. The van der Waals surface area contributed by atoms with Crippen molar-refractivity contribution in [3.05, 3.63) is 33.6 Å². The maximum absolute atomic E-state index is 12.6. The first-order chi connectivity index (χ1) is 14.1. The number of aryl methyl sites for hydroxylation is 3. The van der Waals surface area contributed by atoms with E-state index in [1.807, 2.05) is 17.9 Å². The second-order valence-corrected chi connectivity index (χ2v) is 8.66. The third-order valence-corrected chi connectivity index (χ3v) is 6.70. The van der Waals surface area contributed by atoms with Gasteiger partial charge in [0, 0.05) is 62.3 Å². The number of thiophene rings is 1. The molecular weight excluding hydrogens is 386 g/mol. The Labute approximate surface area is 176 Å². The van der Waals surface area contributed by atoms with Gasteiger partial charge in [-0.05, 0) is 37.3 Å². The molecule has 4 heterocycles. The lowest BCUT2D eigenvalue weighted by Crippen LogP contribution is -2.49. The van der Waals surface area contributed by atoms with E-state index in [-0.39, 0.29) is 5.91 Å². The van der Waals surface area contributed by atoms with E-state index in [2.05, 4.69) is 33.2 Å². The minimum atomic E-state index is 0.255. The highest BCUT2D eigenvalue weighted by atomic mass is 32.1. The molecule has 0 atom stereocenters. The van der Waals surface area contributed by atoms with Crippen molar-refractivity contribution in [2.24, 2.45) is 0 Å². The van der Waals surface area contributed by atoms with E-state index >= 15 is 0 Å². The molecule has 7 nitrogen and oxygen atoms in total. The number of piperazine rings is 1. The van der Waals surface area contributed by atoms with Gasteiger partial charge in [-0.2, -0.15) is 4.98 Å². The van der Waals surface area contributed by atoms with Crippen LogP contribution < -0.4 is 9.80 Å². The van der Waals surface area contributed by atoms with Crippen LogP contribution >= 0.6 is 11.3 Å². The highest BCUT2D eigenvalue weighted by Crippen LogP contribution is 2.21. The van der Waals surface area contributed by atoms with Crippen LogP contribution in [0.3, 0.4) is 0 Å². The molecule has 0 bridgehead atoms. The maximum Gasteiger partial charge on any atom is 0.227 e. The molecule has 0 spiro atoms. The van der Waals surface area contributed by atoms with Gasteiger partial charge in [-0.1, -0.05) is 0 Å². The standard InChI is InChI=1S/C21H29N5O2S/c1-16-5-14-29-18(16)3-4-20(27)25-8-6-24(7-9-25)19-15-17(2)22-21(23-19)26-10-12-28-13-11-26/h5,14-15H,3-4,6-13H2,1-2H3. The van der Waals surface area contributed by atoms with Crippen LogP contribution in [0.15, 0.2) is 17.5 Å². The molecule has 156 valence electrons. The maximum atomic E-state index is 12.6. The fraction of sp³-hybridized carbons (Fsp3) is 0.571. The molecular formula is C21H29N5O2S. The Hall–Kier alpha value is -2.19. The van der Waals surface area contributed by atoms with Crippen molar-refractivity contribution in [3.63, 3.8) is 0 Å². The van der Waals surface area contributed by atoms with Gasteiger partial charge in [0.05, 0.1) is 13.2 Å². The van der Waals surface area contributed by atoms with Gasteiger partial charge in [0.25, 0.3) is 0 Å². The molecule has 0 unspecified atom stereocenters. The lowest BCUT2D eigenvalue weighted by atomic mass is 10.1. The largest absolute Gasteiger partial charge is 0.378 e. The molecule has 2 aromatic heterocycles. The van der Waals surface area contributed by atoms with Gasteiger partial charge in [-0.15, -0.1) is 11.3 Å². The summed E-state index contributed by atoms with van der Waals surface area (Å²) in [5.74, 6) is 2.00. The van der Waals surface area contributed by atoms with Crippen LogP contribution in [-0.2, 0) is 16.0 Å². The van der Waals surface area contributed by atoms with E-state index in [4.69, 9.17) is 9.72 Å². The van der Waals surface area contributed by atoms with Crippen LogP contribution in [-0.4, -0.2) is 73.3 Å². The van der Waals surface area contributed by atoms with Crippen LogP contribution in [0, 0.1) is 13.8 Å². The Morgan fingerprint density at radius 1 is 1.07 bits per heavy atom. The molecule has 0 aliphatic carbocycles. The number of amides is 1. The van der Waals surface area contributed by atoms with Crippen molar-refractivity contribution in [1.82, 2.24) is 14.9 Å². The van der Waals surface area contributed by atoms with Crippen molar-refractivity contribution in [3.8, 4) is 0 Å². The highest BCUT2D eigenvalue weighted by molar-refractivity contribution is 7.10. The van der Waals surface area contributed by atoms with Crippen LogP contribution in [0.5, 0.6) is 0 Å². The summed E-state index contributed by atoms with van der Waals surface area (Å²) >= 11 is 1.75. The summed E-state index contributed by atoms with van der Waals surface area (Å²) in [5, 5.41) is 2.10. The van der Waals surface area contributed by atoms with Crippen molar-refractivity contribution in [1.29, 1.82) is 0 Å². The molecule has 4 rings (SSSR count). The third-order valence-electron chi connectivity index (χ3n) is 5.61. The molecule has 0 N–H and O–H groups in total. The number of hydrogen-bond donors (Lipinski definition) is 0. The number of morpholine rings is 1. The van der Waals surface area contributed by atoms with Crippen molar-refractivity contribution in [2.75, 3.05) is 62.3 Å². The Kier molecular flexibility index (Phi) is 6.30. The summed E-state index contributed by atoms with van der Waals surface area (Å²) in [4.78, 5) is 29.8. The number of hydrogen-bond acceptors (Lipinski definition) is 7. The fourth-order valence-corrected chi connectivity index (χ4v) is 4.74. The molecule has 8 heteroatoms. The predicted octanol–water partition coefficient (Wildman–Crippen LogP) is 2.27. The number of anilines is 2. The quantitative estimate of drug-likeness (QED) is 0.747. The third kappa shape index (κ3) is 4.87. The first-order valence-electron chi connectivity index (χ1n) is 10.3. The zero-order chi connectivity index (χ0) is 20.2. The topological polar surface area (TPSA) is 61.8 Å². The Balaban J connectivity index is 1.33. The smallest absolute Gasteiger partial charge is 0.227 e. The molecule has 0 saturated carbocycles. The zero-order valence-electron chi connectivity index (χ0n) is 17.3. The Morgan fingerprint density at radius 3 is 2.52 bits per heavy atom. The normalized spacial score (nSPS) is 17.7. The molecule has 29 heavy (non-hydrogen) atoms. The number of carbonyl (C=O) groups is 1. The average Bonchev–Trinajstić information content (AvgIpc) is 3.17. The van der Waals surface area contributed by atoms with Crippen LogP contribution in [0.4, 0.5) is 11.8 Å². The fourth-order valence-electron chi connectivity index (χ4n) is 3.83. The second kappa shape index (κ2) is 9.09. The Bertz CT molecular complexity index is 841. The minimum absolute atomic E-state index is 0.255. The van der Waals surface area contributed by atoms with Crippen molar-refractivity contribution in [2.45, 2.75) is 26.7 Å². The lowest BCUT2D eigenvalue weighted by Gasteiger charge is -2.36. The average molecular weight is 416 g/mol. The zero-order valence-corrected chi connectivity index (χ0v) is 18.1. The first kappa shape index (κ1) is 20.1. The van der Waals surface area contributed by atoms with E-state index in [0.29, 0.717) is 6.42 Å². The van der Waals surface area contributed by atoms with Gasteiger partial charge in [0.2, 0.25) is 11.9 Å². The second-order valence-electron chi connectivity index (χ2n) is 7.66. The highest BCUT2D eigenvalue weighted by Gasteiger charge is 2.23. The summed E-state index contributed by atoms with van der Waals surface area (Å²) in [5.41, 5.74) is 2.27. The van der Waals surface area contributed by atoms with Gasteiger partial charge in [-0.3, -0.25) is 4.79 Å². The lowest BCUT2D eigenvalue weighted by molar-refractivity contribution is -0.131. The summed E-state index contributed by atoms with van der Waals surface area (Å²) in [7, 11) is 0. The number of ether oxygens (including phenoxy) is 1. The van der Waals surface area contributed by atoms with Gasteiger partial charge < -0.3 is 19.4 Å². The summed E-state index contributed by atoms with van der Waals surface area (Å²) in [6.45, 7) is 10.3. The van der Waals surface area contributed by atoms with E-state index in [1.54, 1.807) is 11.3 Å². The number of nitrogens with zero attached hydrogens (tertiary/aromatic N) is 5. The van der Waals surface area contributed by atoms with Crippen molar-refractivity contribution < 1.29 is 9.53 Å². The molecule has 2 aliphatic heterocycles. The van der Waals surface area contributed by atoms with Crippen molar-refractivity contribution >= 4 is 29.0 Å². The summed E-state index contributed by atoms with van der Waals surface area (Å²) < 4.78 is 5.44. The monoisotopic (exact) mass is 415 g/mol. The van der Waals surface area contributed by atoms with E-state index in [0.717, 1.165) is 76.4 Å². The number of carbonyl (C=O) groups excluding carboxylic acids is 1. The van der Waals surface area contributed by atoms with Crippen LogP contribution in [0.1, 0.15) is 22.6 Å².